The average Bonchev–Trinajstić information content (AvgIpc) is 3.29. The lowest BCUT2D eigenvalue weighted by Gasteiger charge is -2.12. The van der Waals surface area contributed by atoms with E-state index in [9.17, 15) is 0 Å². The minimum absolute atomic E-state index is 0.113. The van der Waals surface area contributed by atoms with Gasteiger partial charge in [0, 0.05) is 6.54 Å². The molecular formula is C19H19N5O. The number of nitrogens with zero attached hydrogens (tertiary/aromatic N) is 4. The van der Waals surface area contributed by atoms with E-state index in [1.165, 1.54) is 5.56 Å². The van der Waals surface area contributed by atoms with E-state index in [1.807, 2.05) is 22.8 Å². The number of hydrogen-bond acceptors (Lipinski definition) is 5. The second kappa shape index (κ2) is 6.91. The normalized spacial score (nSPS) is 19.8. The number of fused-ring (bicyclic) bond motifs is 1. The third-order valence-electron chi connectivity index (χ3n) is 4.40. The van der Waals surface area contributed by atoms with Crippen molar-refractivity contribution in [1.29, 1.82) is 0 Å². The van der Waals surface area contributed by atoms with E-state index in [0.29, 0.717) is 0 Å². The lowest BCUT2D eigenvalue weighted by molar-refractivity contribution is 0.0300. The molecule has 6 heteroatoms. The Morgan fingerprint density at radius 2 is 2.08 bits per heavy atom. The van der Waals surface area contributed by atoms with Crippen LogP contribution < -0.4 is 5.32 Å². The van der Waals surface area contributed by atoms with Gasteiger partial charge in [-0.05, 0) is 24.8 Å². The molecular weight excluding hydrogens is 314 g/mol. The molecule has 1 aliphatic rings. The monoisotopic (exact) mass is 333 g/mol. The Morgan fingerprint density at radius 1 is 1.20 bits per heavy atom. The molecule has 1 saturated heterocycles. The Labute approximate surface area is 146 Å². The Kier molecular flexibility index (Phi) is 4.32. The summed E-state index contributed by atoms with van der Waals surface area (Å²) < 4.78 is 7.79. The number of anilines is 1. The average molecular weight is 333 g/mol. The highest BCUT2D eigenvalue weighted by Crippen LogP contribution is 2.30. The lowest BCUT2D eigenvalue weighted by Crippen LogP contribution is -2.10. The van der Waals surface area contributed by atoms with Gasteiger partial charge in [0.05, 0.1) is 6.33 Å². The van der Waals surface area contributed by atoms with Gasteiger partial charge in [-0.3, -0.25) is 4.57 Å². The fraction of sp³-hybridized carbons (Fsp3) is 0.316. The molecule has 0 bridgehead atoms. The SMILES string of the molecule is C#CC1CCC(n2cnc3c(NCCc4ccccc4)ncnc32)O1. The van der Waals surface area contributed by atoms with Crippen molar-refractivity contribution in [2.45, 2.75) is 31.6 Å². The predicted octanol–water partition coefficient (Wildman–Crippen LogP) is 2.79. The first-order valence-electron chi connectivity index (χ1n) is 8.42. The maximum Gasteiger partial charge on any atom is 0.167 e. The van der Waals surface area contributed by atoms with Crippen LogP contribution in [-0.2, 0) is 11.2 Å². The predicted molar refractivity (Wildman–Crippen MR) is 95.9 cm³/mol. The second-order valence-corrected chi connectivity index (χ2v) is 6.03. The van der Waals surface area contributed by atoms with Crippen LogP contribution in [0.5, 0.6) is 0 Å². The van der Waals surface area contributed by atoms with Gasteiger partial charge in [-0.1, -0.05) is 36.3 Å². The molecule has 3 aromatic rings. The smallest absolute Gasteiger partial charge is 0.167 e. The van der Waals surface area contributed by atoms with Crippen LogP contribution in [0.4, 0.5) is 5.82 Å². The molecule has 0 amide bonds. The van der Waals surface area contributed by atoms with Crippen LogP contribution in [0.1, 0.15) is 24.6 Å². The Bertz CT molecular complexity index is 899. The molecule has 1 aliphatic heterocycles. The molecule has 25 heavy (non-hydrogen) atoms. The molecule has 4 rings (SSSR count). The highest BCUT2D eigenvalue weighted by molar-refractivity contribution is 5.82. The van der Waals surface area contributed by atoms with Crippen LogP contribution in [0.2, 0.25) is 0 Å². The molecule has 2 atom stereocenters. The highest BCUT2D eigenvalue weighted by Gasteiger charge is 2.27. The highest BCUT2D eigenvalue weighted by atomic mass is 16.5. The molecule has 0 radical (unpaired) electrons. The Balaban J connectivity index is 1.50. The standard InChI is InChI=1S/C19H19N5O/c1-2-15-8-9-16(25-15)24-13-23-17-18(21-12-22-19(17)24)20-11-10-14-6-4-3-5-7-14/h1,3-7,12-13,15-16H,8-11H2,(H,20,21,22). The van der Waals surface area contributed by atoms with Gasteiger partial charge in [-0.2, -0.15) is 0 Å². The van der Waals surface area contributed by atoms with Crippen molar-refractivity contribution < 1.29 is 4.74 Å². The van der Waals surface area contributed by atoms with Crippen molar-refractivity contribution in [2.75, 3.05) is 11.9 Å². The number of hydrogen-bond donors (Lipinski definition) is 1. The van der Waals surface area contributed by atoms with Gasteiger partial charge in [0.25, 0.3) is 0 Å². The summed E-state index contributed by atoms with van der Waals surface area (Å²) in [7, 11) is 0. The zero-order valence-corrected chi connectivity index (χ0v) is 13.8. The van der Waals surface area contributed by atoms with Gasteiger partial charge in [0.15, 0.2) is 17.0 Å². The molecule has 3 heterocycles. The first-order valence-corrected chi connectivity index (χ1v) is 8.42. The van der Waals surface area contributed by atoms with E-state index in [2.05, 4.69) is 38.3 Å². The summed E-state index contributed by atoms with van der Waals surface area (Å²) in [5.74, 6) is 3.40. The molecule has 1 aromatic carbocycles. The molecule has 0 saturated carbocycles. The van der Waals surface area contributed by atoms with E-state index in [-0.39, 0.29) is 12.3 Å². The van der Waals surface area contributed by atoms with Crippen molar-refractivity contribution in [3.63, 3.8) is 0 Å². The Morgan fingerprint density at radius 3 is 2.88 bits per heavy atom. The number of ether oxygens (including phenoxy) is 1. The van der Waals surface area contributed by atoms with Crippen molar-refractivity contribution >= 4 is 17.0 Å². The zero-order valence-electron chi connectivity index (χ0n) is 13.8. The molecule has 2 unspecified atom stereocenters. The van der Waals surface area contributed by atoms with Crippen LogP contribution in [0.25, 0.3) is 11.2 Å². The summed E-state index contributed by atoms with van der Waals surface area (Å²) in [4.78, 5) is 13.2. The molecule has 1 fully saturated rings. The minimum Gasteiger partial charge on any atom is -0.368 e. The van der Waals surface area contributed by atoms with Crippen LogP contribution in [0.15, 0.2) is 43.0 Å². The number of terminal acetylenes is 1. The summed E-state index contributed by atoms with van der Waals surface area (Å²) in [6.45, 7) is 0.780. The quantitative estimate of drug-likeness (QED) is 0.727. The van der Waals surface area contributed by atoms with Crippen LogP contribution in [0, 0.1) is 12.3 Å². The molecule has 126 valence electrons. The van der Waals surface area contributed by atoms with Gasteiger partial charge in [0.2, 0.25) is 0 Å². The van der Waals surface area contributed by atoms with Crippen LogP contribution in [0.3, 0.4) is 0 Å². The van der Waals surface area contributed by atoms with E-state index in [1.54, 1.807) is 12.7 Å². The fourth-order valence-electron chi connectivity index (χ4n) is 3.11. The topological polar surface area (TPSA) is 64.9 Å². The number of benzene rings is 1. The first kappa shape index (κ1) is 15.6. The summed E-state index contributed by atoms with van der Waals surface area (Å²) in [6.07, 6.45) is 11.2. The van der Waals surface area contributed by atoms with Crippen molar-refractivity contribution in [3.8, 4) is 12.3 Å². The van der Waals surface area contributed by atoms with E-state index >= 15 is 0 Å². The van der Waals surface area contributed by atoms with E-state index in [0.717, 1.165) is 42.8 Å². The number of imidazole rings is 1. The first-order chi connectivity index (χ1) is 12.3. The van der Waals surface area contributed by atoms with Gasteiger partial charge in [0.1, 0.15) is 18.7 Å². The Hall–Kier alpha value is -2.91. The second-order valence-electron chi connectivity index (χ2n) is 6.03. The maximum atomic E-state index is 5.85. The van der Waals surface area contributed by atoms with E-state index < -0.39 is 0 Å². The van der Waals surface area contributed by atoms with Crippen LogP contribution >= 0.6 is 0 Å². The largest absolute Gasteiger partial charge is 0.368 e. The maximum absolute atomic E-state index is 5.85. The lowest BCUT2D eigenvalue weighted by atomic mass is 10.1. The zero-order chi connectivity index (χ0) is 17.1. The molecule has 1 N–H and O–H groups in total. The van der Waals surface area contributed by atoms with Gasteiger partial charge in [-0.15, -0.1) is 6.42 Å². The van der Waals surface area contributed by atoms with Gasteiger partial charge >= 0.3 is 0 Å². The van der Waals surface area contributed by atoms with Crippen molar-refractivity contribution in [2.24, 2.45) is 0 Å². The third-order valence-corrected chi connectivity index (χ3v) is 4.40. The van der Waals surface area contributed by atoms with Gasteiger partial charge < -0.3 is 10.1 Å². The van der Waals surface area contributed by atoms with Crippen molar-refractivity contribution in [1.82, 2.24) is 19.5 Å². The molecule has 0 spiro atoms. The number of nitrogens with one attached hydrogen (secondary N) is 1. The third kappa shape index (κ3) is 3.19. The summed E-state index contributed by atoms with van der Waals surface area (Å²) in [5.41, 5.74) is 2.80. The number of rotatable bonds is 5. The summed E-state index contributed by atoms with van der Waals surface area (Å²) in [6, 6.07) is 10.3. The molecule has 0 aliphatic carbocycles. The molecule has 6 nitrogen and oxygen atoms in total. The molecule has 2 aromatic heterocycles. The van der Waals surface area contributed by atoms with Crippen molar-refractivity contribution in [3.05, 3.63) is 48.5 Å². The van der Waals surface area contributed by atoms with Gasteiger partial charge in [-0.25, -0.2) is 15.0 Å². The van der Waals surface area contributed by atoms with Crippen LogP contribution in [-0.4, -0.2) is 32.2 Å². The summed E-state index contributed by atoms with van der Waals surface area (Å²) in [5, 5.41) is 3.36. The number of aromatic nitrogens is 4. The minimum atomic E-state index is -0.132. The fourth-order valence-corrected chi connectivity index (χ4v) is 3.11. The van der Waals surface area contributed by atoms with E-state index in [4.69, 9.17) is 11.2 Å². The summed E-state index contributed by atoms with van der Waals surface area (Å²) >= 11 is 0.